The summed E-state index contributed by atoms with van der Waals surface area (Å²) >= 11 is 1.99. The predicted molar refractivity (Wildman–Crippen MR) is 77.1 cm³/mol. The fourth-order valence-electron chi connectivity index (χ4n) is 3.37. The summed E-state index contributed by atoms with van der Waals surface area (Å²) < 4.78 is 0. The fraction of sp³-hybridized carbons (Fsp3) is 0.800. The van der Waals surface area contributed by atoms with Crippen molar-refractivity contribution in [1.82, 2.24) is 10.3 Å². The molecule has 1 aromatic heterocycles. The van der Waals surface area contributed by atoms with Crippen molar-refractivity contribution < 1.29 is 0 Å². The van der Waals surface area contributed by atoms with Gasteiger partial charge in [-0.3, -0.25) is 0 Å². The Labute approximate surface area is 114 Å². The largest absolute Gasteiger partial charge is 0.303 e. The summed E-state index contributed by atoms with van der Waals surface area (Å²) in [6.07, 6.45) is 7.70. The van der Waals surface area contributed by atoms with Gasteiger partial charge in [-0.2, -0.15) is 0 Å². The van der Waals surface area contributed by atoms with E-state index in [0.717, 1.165) is 5.92 Å². The molecule has 0 radical (unpaired) electrons. The van der Waals surface area contributed by atoms with E-state index in [9.17, 15) is 0 Å². The van der Waals surface area contributed by atoms with Gasteiger partial charge in [0.05, 0.1) is 11.2 Å². The molecule has 1 aromatic rings. The molecule has 1 fully saturated rings. The first-order valence-electron chi connectivity index (χ1n) is 7.42. The van der Waals surface area contributed by atoms with E-state index >= 15 is 0 Å². The SMILES string of the molecule is CCC(NC(C)C)(c1nc2c(s1)CCC2)C1CC1. The molecule has 18 heavy (non-hydrogen) atoms. The van der Waals surface area contributed by atoms with Crippen LogP contribution in [0.1, 0.15) is 62.0 Å². The van der Waals surface area contributed by atoms with Gasteiger partial charge in [0.1, 0.15) is 5.01 Å². The van der Waals surface area contributed by atoms with E-state index in [1.54, 1.807) is 4.88 Å². The van der Waals surface area contributed by atoms with Gasteiger partial charge in [-0.15, -0.1) is 11.3 Å². The van der Waals surface area contributed by atoms with Crippen LogP contribution in [0.2, 0.25) is 0 Å². The number of rotatable bonds is 5. The Morgan fingerprint density at radius 2 is 2.17 bits per heavy atom. The lowest BCUT2D eigenvalue weighted by Gasteiger charge is -2.34. The number of nitrogens with zero attached hydrogens (tertiary/aromatic N) is 1. The molecule has 1 unspecified atom stereocenters. The van der Waals surface area contributed by atoms with Crippen molar-refractivity contribution in [1.29, 1.82) is 0 Å². The van der Waals surface area contributed by atoms with Crippen LogP contribution in [0.5, 0.6) is 0 Å². The average Bonchev–Trinajstić information content (AvgIpc) is 2.94. The normalized spacial score (nSPS) is 22.2. The summed E-state index contributed by atoms with van der Waals surface area (Å²) in [5.74, 6) is 0.816. The second-order valence-corrected chi connectivity index (χ2v) is 7.22. The minimum absolute atomic E-state index is 0.170. The number of fused-ring (bicyclic) bond motifs is 1. The van der Waals surface area contributed by atoms with E-state index in [4.69, 9.17) is 4.98 Å². The van der Waals surface area contributed by atoms with E-state index in [1.165, 1.54) is 49.2 Å². The van der Waals surface area contributed by atoms with Crippen LogP contribution >= 0.6 is 11.3 Å². The van der Waals surface area contributed by atoms with Crippen LogP contribution in [0.25, 0.3) is 0 Å². The molecule has 3 rings (SSSR count). The standard InChI is InChI=1S/C15H24N2S/c1-4-15(11-8-9-11,17-10(2)3)14-16-12-6-5-7-13(12)18-14/h10-11,17H,4-9H2,1-3H3. The lowest BCUT2D eigenvalue weighted by atomic mass is 9.89. The van der Waals surface area contributed by atoms with E-state index in [-0.39, 0.29) is 5.54 Å². The molecule has 0 aliphatic heterocycles. The minimum atomic E-state index is 0.170. The molecule has 0 aromatic carbocycles. The summed E-state index contributed by atoms with van der Waals surface area (Å²) in [4.78, 5) is 6.57. The Morgan fingerprint density at radius 3 is 2.72 bits per heavy atom. The Morgan fingerprint density at radius 1 is 1.39 bits per heavy atom. The third-order valence-electron chi connectivity index (χ3n) is 4.36. The molecule has 0 amide bonds. The lowest BCUT2D eigenvalue weighted by molar-refractivity contribution is 0.252. The highest BCUT2D eigenvalue weighted by Crippen LogP contribution is 2.49. The van der Waals surface area contributed by atoms with Crippen molar-refractivity contribution >= 4 is 11.3 Å². The molecule has 1 saturated carbocycles. The number of aromatic nitrogens is 1. The number of aryl methyl sites for hydroxylation is 2. The summed E-state index contributed by atoms with van der Waals surface area (Å²) in [6.45, 7) is 6.84. The third-order valence-corrected chi connectivity index (χ3v) is 5.69. The predicted octanol–water partition coefficient (Wildman–Crippen LogP) is 3.65. The van der Waals surface area contributed by atoms with Gasteiger partial charge in [-0.05, 0) is 58.3 Å². The van der Waals surface area contributed by atoms with Gasteiger partial charge in [-0.25, -0.2) is 4.98 Å². The second-order valence-electron chi connectivity index (χ2n) is 6.14. The molecule has 0 saturated heterocycles. The first kappa shape index (κ1) is 12.6. The molecular weight excluding hydrogens is 240 g/mol. The zero-order valence-corrected chi connectivity index (χ0v) is 12.6. The molecule has 1 N–H and O–H groups in total. The van der Waals surface area contributed by atoms with Crippen LogP contribution in [0.3, 0.4) is 0 Å². The molecular formula is C15H24N2S. The highest BCUT2D eigenvalue weighted by atomic mass is 32.1. The van der Waals surface area contributed by atoms with Crippen molar-refractivity contribution in [3.05, 3.63) is 15.6 Å². The summed E-state index contributed by atoms with van der Waals surface area (Å²) in [6, 6.07) is 0.532. The molecule has 2 aliphatic rings. The van der Waals surface area contributed by atoms with E-state index < -0.39 is 0 Å². The van der Waals surface area contributed by atoms with Gasteiger partial charge in [0.25, 0.3) is 0 Å². The Bertz CT molecular complexity index is 412. The number of thiazole rings is 1. The van der Waals surface area contributed by atoms with Gasteiger partial charge >= 0.3 is 0 Å². The highest BCUT2D eigenvalue weighted by Gasteiger charge is 2.47. The summed E-state index contributed by atoms with van der Waals surface area (Å²) in [5, 5.41) is 5.24. The van der Waals surface area contributed by atoms with Gasteiger partial charge in [0.2, 0.25) is 0 Å². The summed E-state index contributed by atoms with van der Waals surface area (Å²) in [5.41, 5.74) is 1.57. The van der Waals surface area contributed by atoms with Gasteiger partial charge in [-0.1, -0.05) is 6.92 Å². The van der Waals surface area contributed by atoms with Crippen molar-refractivity contribution in [3.8, 4) is 0 Å². The van der Waals surface area contributed by atoms with Crippen molar-refractivity contribution in [2.45, 2.75) is 70.9 Å². The van der Waals surface area contributed by atoms with Crippen LogP contribution in [0.4, 0.5) is 0 Å². The Balaban J connectivity index is 1.96. The molecule has 0 bridgehead atoms. The molecule has 1 heterocycles. The maximum Gasteiger partial charge on any atom is 0.114 e. The summed E-state index contributed by atoms with van der Waals surface area (Å²) in [7, 11) is 0. The monoisotopic (exact) mass is 264 g/mol. The molecule has 3 heteroatoms. The zero-order valence-electron chi connectivity index (χ0n) is 11.8. The second kappa shape index (κ2) is 4.61. The van der Waals surface area contributed by atoms with Crippen molar-refractivity contribution in [3.63, 3.8) is 0 Å². The average molecular weight is 264 g/mol. The van der Waals surface area contributed by atoms with Gasteiger partial charge in [0.15, 0.2) is 0 Å². The maximum atomic E-state index is 5.00. The lowest BCUT2D eigenvalue weighted by Crippen LogP contribution is -2.47. The smallest absolute Gasteiger partial charge is 0.114 e. The number of hydrogen-bond acceptors (Lipinski definition) is 3. The van der Waals surface area contributed by atoms with E-state index in [0.29, 0.717) is 6.04 Å². The number of nitrogens with one attached hydrogen (secondary N) is 1. The fourth-order valence-corrected chi connectivity index (χ4v) is 4.82. The van der Waals surface area contributed by atoms with Crippen LogP contribution in [-0.2, 0) is 18.4 Å². The first-order chi connectivity index (χ1) is 8.65. The molecule has 1 atom stereocenters. The Kier molecular flexibility index (Phi) is 3.23. The van der Waals surface area contributed by atoms with Crippen LogP contribution in [0.15, 0.2) is 0 Å². The van der Waals surface area contributed by atoms with Crippen LogP contribution < -0.4 is 5.32 Å². The Hall–Kier alpha value is -0.410. The molecule has 2 nitrogen and oxygen atoms in total. The number of hydrogen-bond donors (Lipinski definition) is 1. The molecule has 100 valence electrons. The van der Waals surface area contributed by atoms with E-state index in [2.05, 4.69) is 26.1 Å². The third kappa shape index (κ3) is 2.01. The van der Waals surface area contributed by atoms with Crippen molar-refractivity contribution in [2.75, 3.05) is 0 Å². The highest BCUT2D eigenvalue weighted by molar-refractivity contribution is 7.12. The molecule has 0 spiro atoms. The zero-order chi connectivity index (χ0) is 12.8. The van der Waals surface area contributed by atoms with Gasteiger partial charge in [0, 0.05) is 10.9 Å². The van der Waals surface area contributed by atoms with Crippen LogP contribution in [-0.4, -0.2) is 11.0 Å². The quantitative estimate of drug-likeness (QED) is 0.878. The van der Waals surface area contributed by atoms with E-state index in [1.807, 2.05) is 11.3 Å². The topological polar surface area (TPSA) is 24.9 Å². The van der Waals surface area contributed by atoms with Crippen molar-refractivity contribution in [2.24, 2.45) is 5.92 Å². The minimum Gasteiger partial charge on any atom is -0.303 e. The van der Waals surface area contributed by atoms with Gasteiger partial charge < -0.3 is 5.32 Å². The first-order valence-corrected chi connectivity index (χ1v) is 8.24. The maximum absolute atomic E-state index is 5.00. The van der Waals surface area contributed by atoms with Crippen LogP contribution in [0, 0.1) is 5.92 Å². The molecule has 2 aliphatic carbocycles.